The van der Waals surface area contributed by atoms with E-state index in [4.69, 9.17) is 0 Å². The van der Waals surface area contributed by atoms with Crippen molar-refractivity contribution in [1.29, 1.82) is 0 Å². The molecule has 130 valence electrons. The van der Waals surface area contributed by atoms with E-state index >= 15 is 0 Å². The monoisotopic (exact) mass is 337 g/mol. The highest BCUT2D eigenvalue weighted by molar-refractivity contribution is 6.07. The number of nitrogens with one attached hydrogen (secondary N) is 2. The van der Waals surface area contributed by atoms with Crippen LogP contribution in [0.2, 0.25) is 0 Å². The van der Waals surface area contributed by atoms with Gasteiger partial charge < -0.3 is 15.5 Å². The molecule has 2 aliphatic rings. The number of fused-ring (bicyclic) bond motifs is 1. The average Bonchev–Trinajstić information content (AvgIpc) is 3.04. The summed E-state index contributed by atoms with van der Waals surface area (Å²) in [6.45, 7) is 2.29. The first-order valence-electron chi connectivity index (χ1n) is 9.01. The zero-order valence-corrected chi connectivity index (χ0v) is 14.2. The molecule has 5 nitrogen and oxygen atoms in total. The first-order valence-corrected chi connectivity index (χ1v) is 9.01. The average molecular weight is 337 g/mol. The number of nitrogens with zero attached hydrogens (tertiary/aromatic N) is 1. The Labute approximate surface area is 147 Å². The maximum Gasteiger partial charge on any atom is 0.227 e. The van der Waals surface area contributed by atoms with Crippen LogP contribution in [-0.2, 0) is 9.59 Å². The van der Waals surface area contributed by atoms with Gasteiger partial charge in [0, 0.05) is 30.9 Å². The largest absolute Gasteiger partial charge is 0.352 e. The van der Waals surface area contributed by atoms with E-state index < -0.39 is 0 Å². The van der Waals surface area contributed by atoms with Gasteiger partial charge >= 0.3 is 0 Å². The van der Waals surface area contributed by atoms with Gasteiger partial charge in [-0.05, 0) is 30.8 Å². The van der Waals surface area contributed by atoms with E-state index in [-0.39, 0.29) is 30.2 Å². The molecule has 0 aromatic heterocycles. The molecule has 2 aromatic rings. The highest BCUT2D eigenvalue weighted by atomic mass is 16.2. The molecular weight excluding hydrogens is 314 g/mol. The summed E-state index contributed by atoms with van der Waals surface area (Å²) in [6, 6.07) is 14.2. The fourth-order valence-electron chi connectivity index (χ4n) is 3.85. The normalized spacial score (nSPS) is 23.8. The first-order chi connectivity index (χ1) is 12.2. The van der Waals surface area contributed by atoms with Crippen molar-refractivity contribution in [1.82, 2.24) is 10.6 Å². The van der Waals surface area contributed by atoms with E-state index in [0.29, 0.717) is 6.54 Å². The van der Waals surface area contributed by atoms with Crippen LogP contribution in [0.3, 0.4) is 0 Å². The number of amides is 2. The third-order valence-electron chi connectivity index (χ3n) is 5.20. The molecule has 5 heteroatoms. The summed E-state index contributed by atoms with van der Waals surface area (Å²) < 4.78 is 0. The quantitative estimate of drug-likeness (QED) is 0.901. The molecule has 0 saturated carbocycles. The molecule has 2 aromatic carbocycles. The van der Waals surface area contributed by atoms with Gasteiger partial charge in [0.1, 0.15) is 0 Å². The van der Waals surface area contributed by atoms with Crippen molar-refractivity contribution in [3.05, 3.63) is 42.5 Å². The second-order valence-corrected chi connectivity index (χ2v) is 6.96. The smallest absolute Gasteiger partial charge is 0.227 e. The fourth-order valence-corrected chi connectivity index (χ4v) is 3.85. The molecule has 0 aliphatic carbocycles. The molecule has 2 atom stereocenters. The lowest BCUT2D eigenvalue weighted by Crippen LogP contribution is -2.47. The molecule has 0 bridgehead atoms. The summed E-state index contributed by atoms with van der Waals surface area (Å²) in [5.41, 5.74) is 0.901. The highest BCUT2D eigenvalue weighted by Gasteiger charge is 2.36. The van der Waals surface area contributed by atoms with Crippen molar-refractivity contribution < 1.29 is 9.59 Å². The molecule has 2 fully saturated rings. The molecule has 2 N–H and O–H groups in total. The minimum atomic E-state index is -0.270. The Morgan fingerprint density at radius 2 is 2.00 bits per heavy atom. The number of carbonyl (C=O) groups excluding carboxylic acids is 2. The zero-order chi connectivity index (χ0) is 17.2. The van der Waals surface area contributed by atoms with Gasteiger partial charge in [-0.3, -0.25) is 9.59 Å². The molecule has 2 heterocycles. The Bertz CT molecular complexity index is 793. The molecule has 2 saturated heterocycles. The van der Waals surface area contributed by atoms with Crippen LogP contribution in [-0.4, -0.2) is 37.5 Å². The minimum Gasteiger partial charge on any atom is -0.352 e. The standard InChI is InChI=1S/C20H23N3O2/c24-19-11-15(20(25)22-16-7-4-10-21-12-16)13-23(19)18-9-3-6-14-5-1-2-8-17(14)18/h1-3,5-6,8-9,15-16,21H,4,7,10-13H2,(H,22,25)/t15?,16-/m0/s1. The molecular formula is C20H23N3O2. The molecule has 2 aliphatic heterocycles. The number of anilines is 1. The van der Waals surface area contributed by atoms with E-state index in [1.54, 1.807) is 4.90 Å². The van der Waals surface area contributed by atoms with Gasteiger partial charge in [0.2, 0.25) is 11.8 Å². The van der Waals surface area contributed by atoms with E-state index in [2.05, 4.69) is 10.6 Å². The number of hydrogen-bond acceptors (Lipinski definition) is 3. The lowest BCUT2D eigenvalue weighted by atomic mass is 10.0. The van der Waals surface area contributed by atoms with Crippen molar-refractivity contribution in [2.45, 2.75) is 25.3 Å². The van der Waals surface area contributed by atoms with E-state index in [0.717, 1.165) is 42.4 Å². The van der Waals surface area contributed by atoms with Crippen molar-refractivity contribution in [2.75, 3.05) is 24.5 Å². The van der Waals surface area contributed by atoms with Crippen molar-refractivity contribution in [3.8, 4) is 0 Å². The summed E-state index contributed by atoms with van der Waals surface area (Å²) in [5.74, 6) is -0.239. The van der Waals surface area contributed by atoms with Gasteiger partial charge in [0.05, 0.1) is 11.6 Å². The van der Waals surface area contributed by atoms with Crippen LogP contribution in [0.25, 0.3) is 10.8 Å². The summed E-state index contributed by atoms with van der Waals surface area (Å²) in [4.78, 5) is 26.9. The number of benzene rings is 2. The van der Waals surface area contributed by atoms with Crippen LogP contribution in [0.5, 0.6) is 0 Å². The minimum absolute atomic E-state index is 0.00443. The molecule has 0 radical (unpaired) electrons. The Morgan fingerprint density at radius 3 is 2.84 bits per heavy atom. The Balaban J connectivity index is 1.51. The van der Waals surface area contributed by atoms with Crippen LogP contribution in [0.1, 0.15) is 19.3 Å². The SMILES string of the molecule is O=C(N[C@H]1CCCNC1)C1CC(=O)N(c2cccc3ccccc23)C1. The highest BCUT2D eigenvalue weighted by Crippen LogP contribution is 2.31. The van der Waals surface area contributed by atoms with Crippen molar-refractivity contribution in [3.63, 3.8) is 0 Å². The van der Waals surface area contributed by atoms with Gasteiger partial charge in [-0.15, -0.1) is 0 Å². The van der Waals surface area contributed by atoms with Gasteiger partial charge in [-0.2, -0.15) is 0 Å². The Kier molecular flexibility index (Phi) is 4.40. The number of piperidine rings is 1. The van der Waals surface area contributed by atoms with Crippen LogP contribution in [0.4, 0.5) is 5.69 Å². The lowest BCUT2D eigenvalue weighted by Gasteiger charge is -2.25. The van der Waals surface area contributed by atoms with E-state index in [1.807, 2.05) is 42.5 Å². The summed E-state index contributed by atoms with van der Waals surface area (Å²) >= 11 is 0. The van der Waals surface area contributed by atoms with Crippen LogP contribution >= 0.6 is 0 Å². The predicted octanol–water partition coefficient (Wildman–Crippen LogP) is 2.06. The third kappa shape index (κ3) is 3.24. The van der Waals surface area contributed by atoms with Gasteiger partial charge in [-0.25, -0.2) is 0 Å². The molecule has 25 heavy (non-hydrogen) atoms. The maximum atomic E-state index is 12.6. The zero-order valence-electron chi connectivity index (χ0n) is 14.2. The molecule has 2 amide bonds. The van der Waals surface area contributed by atoms with Crippen LogP contribution < -0.4 is 15.5 Å². The van der Waals surface area contributed by atoms with Gasteiger partial charge in [0.25, 0.3) is 0 Å². The maximum absolute atomic E-state index is 12.6. The van der Waals surface area contributed by atoms with E-state index in [1.165, 1.54) is 0 Å². The van der Waals surface area contributed by atoms with Crippen molar-refractivity contribution >= 4 is 28.3 Å². The van der Waals surface area contributed by atoms with Gasteiger partial charge in [-0.1, -0.05) is 36.4 Å². The number of rotatable bonds is 3. The first kappa shape index (κ1) is 16.1. The van der Waals surface area contributed by atoms with Crippen LogP contribution in [0.15, 0.2) is 42.5 Å². The number of carbonyl (C=O) groups is 2. The summed E-state index contributed by atoms with van der Waals surface area (Å²) in [5, 5.41) is 8.57. The predicted molar refractivity (Wildman–Crippen MR) is 98.4 cm³/mol. The third-order valence-corrected chi connectivity index (χ3v) is 5.20. The Morgan fingerprint density at radius 1 is 1.16 bits per heavy atom. The van der Waals surface area contributed by atoms with Crippen molar-refractivity contribution in [2.24, 2.45) is 5.92 Å². The summed E-state index contributed by atoms with van der Waals surface area (Å²) in [7, 11) is 0. The molecule has 4 rings (SSSR count). The fraction of sp³-hybridized carbons (Fsp3) is 0.400. The number of hydrogen-bond donors (Lipinski definition) is 2. The molecule has 0 spiro atoms. The second kappa shape index (κ2) is 6.84. The lowest BCUT2D eigenvalue weighted by molar-refractivity contribution is -0.127. The second-order valence-electron chi connectivity index (χ2n) is 6.96. The molecule has 1 unspecified atom stereocenters. The van der Waals surface area contributed by atoms with Gasteiger partial charge in [0.15, 0.2) is 0 Å². The van der Waals surface area contributed by atoms with Crippen LogP contribution in [0, 0.1) is 5.92 Å². The Hall–Kier alpha value is -2.40. The van der Waals surface area contributed by atoms with E-state index in [9.17, 15) is 9.59 Å². The topological polar surface area (TPSA) is 61.4 Å². The summed E-state index contributed by atoms with van der Waals surface area (Å²) in [6.07, 6.45) is 2.37.